The molecule has 0 radical (unpaired) electrons. The van der Waals surface area contributed by atoms with E-state index in [4.69, 9.17) is 0 Å². The van der Waals surface area contributed by atoms with E-state index in [9.17, 15) is 14.4 Å². The zero-order valence-electron chi connectivity index (χ0n) is 18.5. The van der Waals surface area contributed by atoms with Crippen molar-refractivity contribution < 1.29 is 14.4 Å². The second kappa shape index (κ2) is 9.31. The summed E-state index contributed by atoms with van der Waals surface area (Å²) >= 11 is 0. The van der Waals surface area contributed by atoms with Gasteiger partial charge in [0.15, 0.2) is 0 Å². The minimum atomic E-state index is -0.260. The Morgan fingerprint density at radius 3 is 2.10 bits per heavy atom. The SMILES string of the molecule is CC(=O)Nc1cc(NC(C)=O)cc(C(=O)NCC(C)(C)N2CCc3ccccc3C2)c1. The molecule has 0 aliphatic carbocycles. The number of anilines is 2. The maximum Gasteiger partial charge on any atom is 0.251 e. The van der Waals surface area contributed by atoms with Crippen LogP contribution in [0.5, 0.6) is 0 Å². The molecule has 0 bridgehead atoms. The summed E-state index contributed by atoms with van der Waals surface area (Å²) in [5.41, 5.74) is 3.76. The molecule has 3 N–H and O–H groups in total. The van der Waals surface area contributed by atoms with Gasteiger partial charge < -0.3 is 16.0 Å². The quantitative estimate of drug-likeness (QED) is 0.667. The Kier molecular flexibility index (Phi) is 6.75. The van der Waals surface area contributed by atoms with Crippen LogP contribution in [0.4, 0.5) is 11.4 Å². The van der Waals surface area contributed by atoms with E-state index < -0.39 is 0 Å². The van der Waals surface area contributed by atoms with E-state index in [1.165, 1.54) is 25.0 Å². The van der Waals surface area contributed by atoms with Gasteiger partial charge in [-0.15, -0.1) is 0 Å². The van der Waals surface area contributed by atoms with Crippen LogP contribution in [-0.4, -0.2) is 41.2 Å². The zero-order chi connectivity index (χ0) is 22.6. The van der Waals surface area contributed by atoms with Crippen molar-refractivity contribution >= 4 is 29.1 Å². The van der Waals surface area contributed by atoms with Gasteiger partial charge in [-0.05, 0) is 49.6 Å². The molecular formula is C24H30N4O3. The van der Waals surface area contributed by atoms with E-state index in [-0.39, 0.29) is 23.3 Å². The number of fused-ring (bicyclic) bond motifs is 1. The molecule has 2 aromatic carbocycles. The molecule has 164 valence electrons. The van der Waals surface area contributed by atoms with Gasteiger partial charge in [-0.25, -0.2) is 0 Å². The Balaban J connectivity index is 1.70. The lowest BCUT2D eigenvalue weighted by atomic mass is 9.94. The Hall–Kier alpha value is -3.19. The van der Waals surface area contributed by atoms with Crippen LogP contribution in [0.1, 0.15) is 49.2 Å². The van der Waals surface area contributed by atoms with E-state index in [0.29, 0.717) is 23.5 Å². The molecule has 0 unspecified atom stereocenters. The number of hydrogen-bond donors (Lipinski definition) is 3. The number of rotatable bonds is 6. The molecule has 0 fully saturated rings. The molecule has 3 rings (SSSR count). The largest absolute Gasteiger partial charge is 0.350 e. The second-order valence-electron chi connectivity index (χ2n) is 8.60. The van der Waals surface area contributed by atoms with Crippen LogP contribution < -0.4 is 16.0 Å². The van der Waals surface area contributed by atoms with Crippen LogP contribution in [0.25, 0.3) is 0 Å². The van der Waals surface area contributed by atoms with Gasteiger partial charge in [0.2, 0.25) is 11.8 Å². The van der Waals surface area contributed by atoms with Gasteiger partial charge in [-0.2, -0.15) is 0 Å². The van der Waals surface area contributed by atoms with Gasteiger partial charge in [-0.1, -0.05) is 24.3 Å². The molecule has 0 saturated heterocycles. The van der Waals surface area contributed by atoms with Crippen LogP contribution in [0.2, 0.25) is 0 Å². The summed E-state index contributed by atoms with van der Waals surface area (Å²) in [5, 5.41) is 8.35. The summed E-state index contributed by atoms with van der Waals surface area (Å²) in [4.78, 5) is 38.2. The van der Waals surface area contributed by atoms with E-state index in [2.05, 4.69) is 59.0 Å². The molecule has 3 amide bonds. The fourth-order valence-electron chi connectivity index (χ4n) is 3.83. The third-order valence-electron chi connectivity index (χ3n) is 5.50. The molecule has 0 saturated carbocycles. The van der Waals surface area contributed by atoms with Crippen molar-refractivity contribution in [1.29, 1.82) is 0 Å². The first-order valence-electron chi connectivity index (χ1n) is 10.4. The predicted octanol–water partition coefficient (Wildman–Crippen LogP) is 3.17. The van der Waals surface area contributed by atoms with Crippen molar-refractivity contribution in [1.82, 2.24) is 10.2 Å². The molecule has 1 aliphatic heterocycles. The standard InChI is InChI=1S/C24H30N4O3/c1-16(29)26-21-11-20(12-22(13-21)27-17(2)30)23(31)25-15-24(3,4)28-10-9-18-7-5-6-8-19(18)14-28/h5-8,11-13H,9-10,14-15H2,1-4H3,(H,25,31)(H,26,29)(H,27,30). The molecule has 7 heteroatoms. The van der Waals surface area contributed by atoms with Crippen LogP contribution in [0.3, 0.4) is 0 Å². The fraction of sp³-hybridized carbons (Fsp3) is 0.375. The number of benzene rings is 2. The Morgan fingerprint density at radius 2 is 1.52 bits per heavy atom. The van der Waals surface area contributed by atoms with Gasteiger partial charge >= 0.3 is 0 Å². The summed E-state index contributed by atoms with van der Waals surface area (Å²) in [6.07, 6.45) is 0.992. The van der Waals surface area contributed by atoms with E-state index in [1.54, 1.807) is 18.2 Å². The first-order valence-corrected chi connectivity index (χ1v) is 10.4. The Labute approximate surface area is 183 Å². The number of nitrogens with zero attached hydrogens (tertiary/aromatic N) is 1. The van der Waals surface area contributed by atoms with Gasteiger partial charge in [0, 0.05) is 56.0 Å². The van der Waals surface area contributed by atoms with Gasteiger partial charge in [0.1, 0.15) is 0 Å². The summed E-state index contributed by atoms with van der Waals surface area (Å²) < 4.78 is 0. The topological polar surface area (TPSA) is 90.5 Å². The van der Waals surface area contributed by atoms with Crippen molar-refractivity contribution in [3.05, 3.63) is 59.2 Å². The van der Waals surface area contributed by atoms with Crippen LogP contribution in [-0.2, 0) is 22.6 Å². The normalized spacial score (nSPS) is 13.8. The first kappa shape index (κ1) is 22.5. The summed E-state index contributed by atoms with van der Waals surface area (Å²) in [6.45, 7) is 9.28. The zero-order valence-corrected chi connectivity index (χ0v) is 18.5. The average Bonchev–Trinajstić information content (AvgIpc) is 2.70. The summed E-state index contributed by atoms with van der Waals surface area (Å²) in [7, 11) is 0. The van der Waals surface area contributed by atoms with Crippen LogP contribution in [0, 0.1) is 0 Å². The Bertz CT molecular complexity index is 966. The van der Waals surface area contributed by atoms with Crippen molar-refractivity contribution in [3.63, 3.8) is 0 Å². The highest BCUT2D eigenvalue weighted by Crippen LogP contribution is 2.25. The number of carbonyl (C=O) groups is 3. The third-order valence-corrected chi connectivity index (χ3v) is 5.50. The highest BCUT2D eigenvalue weighted by atomic mass is 16.2. The van der Waals surface area contributed by atoms with Crippen LogP contribution in [0.15, 0.2) is 42.5 Å². The Morgan fingerprint density at radius 1 is 0.935 bits per heavy atom. The maximum atomic E-state index is 12.9. The highest BCUT2D eigenvalue weighted by molar-refractivity contribution is 5.99. The fourth-order valence-corrected chi connectivity index (χ4v) is 3.83. The third kappa shape index (κ3) is 5.92. The molecule has 7 nitrogen and oxygen atoms in total. The lowest BCUT2D eigenvalue weighted by Gasteiger charge is -2.41. The number of carbonyl (C=O) groups excluding carboxylic acids is 3. The number of nitrogens with one attached hydrogen (secondary N) is 3. The lowest BCUT2D eigenvalue weighted by molar-refractivity contribution is -0.115. The van der Waals surface area contributed by atoms with Crippen LogP contribution >= 0.6 is 0 Å². The van der Waals surface area contributed by atoms with E-state index >= 15 is 0 Å². The summed E-state index contributed by atoms with van der Waals surface area (Å²) in [5.74, 6) is -0.764. The maximum absolute atomic E-state index is 12.9. The molecule has 2 aromatic rings. The molecule has 1 heterocycles. The number of amides is 3. The number of hydrogen-bond acceptors (Lipinski definition) is 4. The molecule has 0 spiro atoms. The molecule has 0 atom stereocenters. The van der Waals surface area contributed by atoms with E-state index in [0.717, 1.165) is 19.5 Å². The minimum absolute atomic E-state index is 0.237. The predicted molar refractivity (Wildman–Crippen MR) is 122 cm³/mol. The molecule has 1 aliphatic rings. The molecular weight excluding hydrogens is 392 g/mol. The monoisotopic (exact) mass is 422 g/mol. The highest BCUT2D eigenvalue weighted by Gasteiger charge is 2.30. The minimum Gasteiger partial charge on any atom is -0.350 e. The van der Waals surface area contributed by atoms with Gasteiger partial charge in [0.25, 0.3) is 5.91 Å². The van der Waals surface area contributed by atoms with Crippen molar-refractivity contribution in [3.8, 4) is 0 Å². The molecule has 0 aromatic heterocycles. The lowest BCUT2D eigenvalue weighted by Crippen LogP contribution is -2.53. The molecule has 31 heavy (non-hydrogen) atoms. The van der Waals surface area contributed by atoms with Gasteiger partial charge in [0.05, 0.1) is 0 Å². The van der Waals surface area contributed by atoms with Crippen molar-refractivity contribution in [2.45, 2.75) is 46.2 Å². The summed E-state index contributed by atoms with van der Waals surface area (Å²) in [6, 6.07) is 13.3. The van der Waals surface area contributed by atoms with Crippen molar-refractivity contribution in [2.75, 3.05) is 23.7 Å². The van der Waals surface area contributed by atoms with Crippen molar-refractivity contribution in [2.24, 2.45) is 0 Å². The smallest absolute Gasteiger partial charge is 0.251 e. The second-order valence-corrected chi connectivity index (χ2v) is 8.60. The average molecular weight is 423 g/mol. The first-order chi connectivity index (χ1) is 14.6. The van der Waals surface area contributed by atoms with E-state index in [1.807, 2.05) is 0 Å². The van der Waals surface area contributed by atoms with Gasteiger partial charge in [-0.3, -0.25) is 19.3 Å².